The molecule has 4 nitrogen and oxygen atoms in total. The van der Waals surface area contributed by atoms with Crippen LogP contribution in [0.5, 0.6) is 0 Å². The van der Waals surface area contributed by atoms with Crippen molar-refractivity contribution in [3.63, 3.8) is 0 Å². The van der Waals surface area contributed by atoms with Gasteiger partial charge in [-0.3, -0.25) is 4.79 Å². The van der Waals surface area contributed by atoms with Gasteiger partial charge in [0, 0.05) is 13.0 Å². The maximum absolute atomic E-state index is 12.2. The van der Waals surface area contributed by atoms with E-state index in [-0.39, 0.29) is 12.6 Å². The molecule has 0 spiro atoms. The minimum absolute atomic E-state index is 0.175. The predicted molar refractivity (Wildman–Crippen MR) is 237 cm³/mol. The summed E-state index contributed by atoms with van der Waals surface area (Å²) in [6, 6.07) is 0. The van der Waals surface area contributed by atoms with Crippen LogP contribution < -0.4 is 0 Å². The summed E-state index contributed by atoms with van der Waals surface area (Å²) in [7, 11) is 0. The largest absolute Gasteiger partial charge is 0.457 e. The third-order valence-corrected chi connectivity index (χ3v) is 10.1. The van der Waals surface area contributed by atoms with Crippen LogP contribution in [0.25, 0.3) is 0 Å². The number of esters is 1. The van der Waals surface area contributed by atoms with Crippen LogP contribution in [-0.4, -0.2) is 37.0 Å². The van der Waals surface area contributed by atoms with E-state index in [1.165, 1.54) is 161 Å². The number of allylic oxidation sites excluding steroid dienone is 10. The van der Waals surface area contributed by atoms with E-state index in [0.717, 1.165) is 44.9 Å². The molecule has 0 aliphatic heterocycles. The van der Waals surface area contributed by atoms with Gasteiger partial charge in [-0.25, -0.2) is 0 Å². The number of rotatable bonds is 43. The Labute approximate surface area is 336 Å². The van der Waals surface area contributed by atoms with Crippen molar-refractivity contribution in [1.82, 2.24) is 0 Å². The van der Waals surface area contributed by atoms with Crippen molar-refractivity contribution >= 4 is 5.97 Å². The Bertz CT molecular complexity index is 885. The van der Waals surface area contributed by atoms with Crippen molar-refractivity contribution in [3.8, 4) is 0 Å². The predicted octanol–water partition coefficient (Wildman–Crippen LogP) is 15.6. The van der Waals surface area contributed by atoms with Crippen LogP contribution in [0.4, 0.5) is 0 Å². The Morgan fingerprint density at radius 3 is 1.28 bits per heavy atom. The average Bonchev–Trinajstić information content (AvgIpc) is 3.18. The molecule has 1 atom stereocenters. The van der Waals surface area contributed by atoms with E-state index in [0.29, 0.717) is 19.6 Å². The van der Waals surface area contributed by atoms with Gasteiger partial charge in [-0.1, -0.05) is 203 Å². The molecular weight excluding hydrogens is 665 g/mol. The molecule has 0 saturated heterocycles. The van der Waals surface area contributed by atoms with Crippen LogP contribution in [0.2, 0.25) is 0 Å². The zero-order valence-corrected chi connectivity index (χ0v) is 36.0. The Morgan fingerprint density at radius 1 is 0.463 bits per heavy atom. The van der Waals surface area contributed by atoms with Gasteiger partial charge < -0.3 is 14.6 Å². The van der Waals surface area contributed by atoms with Crippen molar-refractivity contribution in [2.24, 2.45) is 0 Å². The molecule has 314 valence electrons. The van der Waals surface area contributed by atoms with E-state index in [1.54, 1.807) is 0 Å². The van der Waals surface area contributed by atoms with Gasteiger partial charge >= 0.3 is 5.97 Å². The van der Waals surface area contributed by atoms with Crippen LogP contribution in [0.1, 0.15) is 226 Å². The molecule has 0 heterocycles. The number of hydrogen-bond donors (Lipinski definition) is 1. The summed E-state index contributed by atoms with van der Waals surface area (Å²) in [5, 5.41) is 9.63. The minimum atomic E-state index is -0.540. The molecule has 0 aromatic rings. The second-order valence-electron chi connectivity index (χ2n) is 15.4. The van der Waals surface area contributed by atoms with Gasteiger partial charge in [0.1, 0.15) is 6.10 Å². The minimum Gasteiger partial charge on any atom is -0.457 e. The van der Waals surface area contributed by atoms with Gasteiger partial charge in [0.2, 0.25) is 0 Å². The highest BCUT2D eigenvalue weighted by molar-refractivity contribution is 5.69. The molecule has 0 radical (unpaired) electrons. The first-order valence-corrected chi connectivity index (χ1v) is 23.4. The molecule has 0 rings (SSSR count). The molecule has 0 saturated carbocycles. The van der Waals surface area contributed by atoms with Crippen molar-refractivity contribution in [3.05, 3.63) is 60.8 Å². The highest BCUT2D eigenvalue weighted by Crippen LogP contribution is 2.14. The standard InChI is InChI=1S/C50H90O4/c1-3-5-7-9-11-13-15-17-19-21-23-24-25-26-27-28-30-32-34-36-38-40-42-44-46-53-48-49(47-51)54-50(52)45-43-41-39-37-35-33-31-29-22-20-18-16-14-12-10-8-6-4-2/h5,7,11,13,17,19-20,22-24,49,51H,3-4,6,8-10,12,14-16,18,21,25-48H2,1-2H3/b7-5-,13-11-,19-17-,22-20-,24-23-. The Kier molecular flexibility index (Phi) is 45.6. The zero-order valence-electron chi connectivity index (χ0n) is 36.0. The molecule has 4 heteroatoms. The summed E-state index contributed by atoms with van der Waals surface area (Å²) in [4.78, 5) is 12.2. The highest BCUT2D eigenvalue weighted by Gasteiger charge is 2.13. The smallest absolute Gasteiger partial charge is 0.306 e. The van der Waals surface area contributed by atoms with Crippen molar-refractivity contribution < 1.29 is 19.4 Å². The van der Waals surface area contributed by atoms with E-state index in [4.69, 9.17) is 9.47 Å². The maximum atomic E-state index is 12.2. The molecule has 0 aliphatic rings. The van der Waals surface area contributed by atoms with Crippen LogP contribution in [0, 0.1) is 0 Å². The van der Waals surface area contributed by atoms with Gasteiger partial charge in [0.15, 0.2) is 0 Å². The maximum Gasteiger partial charge on any atom is 0.306 e. The fourth-order valence-corrected chi connectivity index (χ4v) is 6.61. The molecule has 0 fully saturated rings. The fourth-order valence-electron chi connectivity index (χ4n) is 6.61. The Balaban J connectivity index is 3.43. The van der Waals surface area contributed by atoms with Crippen LogP contribution in [0.15, 0.2) is 60.8 Å². The summed E-state index contributed by atoms with van der Waals surface area (Å²) in [5.74, 6) is -0.206. The number of hydrogen-bond acceptors (Lipinski definition) is 4. The second kappa shape index (κ2) is 47.2. The second-order valence-corrected chi connectivity index (χ2v) is 15.4. The average molecular weight is 755 g/mol. The lowest BCUT2D eigenvalue weighted by Crippen LogP contribution is -2.27. The number of unbranched alkanes of at least 4 members (excludes halogenated alkanes) is 25. The van der Waals surface area contributed by atoms with E-state index < -0.39 is 6.10 Å². The summed E-state index contributed by atoms with van der Waals surface area (Å²) >= 11 is 0. The molecule has 1 N–H and O–H groups in total. The number of ether oxygens (including phenoxy) is 2. The van der Waals surface area contributed by atoms with Gasteiger partial charge in [0.05, 0.1) is 13.2 Å². The monoisotopic (exact) mass is 755 g/mol. The summed E-state index contributed by atoms with van der Waals surface area (Å²) in [6.45, 7) is 5.24. The molecule has 54 heavy (non-hydrogen) atoms. The van der Waals surface area contributed by atoms with E-state index in [1.807, 2.05) is 0 Å². The van der Waals surface area contributed by atoms with Crippen molar-refractivity contribution in [2.45, 2.75) is 232 Å². The number of carbonyl (C=O) groups is 1. The fraction of sp³-hybridized carbons (Fsp3) is 0.780. The Hall–Kier alpha value is -1.91. The molecule has 0 aromatic carbocycles. The van der Waals surface area contributed by atoms with E-state index in [9.17, 15) is 9.90 Å². The first kappa shape index (κ1) is 52.1. The number of carbonyl (C=O) groups excluding carboxylic acids is 1. The third kappa shape index (κ3) is 44.5. The van der Waals surface area contributed by atoms with Crippen molar-refractivity contribution in [1.29, 1.82) is 0 Å². The normalized spacial score (nSPS) is 12.9. The quantitative estimate of drug-likeness (QED) is 0.0383. The van der Waals surface area contributed by atoms with E-state index in [2.05, 4.69) is 74.6 Å². The van der Waals surface area contributed by atoms with Crippen LogP contribution >= 0.6 is 0 Å². The zero-order chi connectivity index (χ0) is 39.1. The molecule has 0 aromatic heterocycles. The molecule has 1 unspecified atom stereocenters. The third-order valence-electron chi connectivity index (χ3n) is 10.1. The lowest BCUT2D eigenvalue weighted by Gasteiger charge is -2.16. The molecular formula is C50H90O4. The topological polar surface area (TPSA) is 55.8 Å². The number of aliphatic hydroxyl groups is 1. The van der Waals surface area contributed by atoms with Gasteiger partial charge in [-0.2, -0.15) is 0 Å². The highest BCUT2D eigenvalue weighted by atomic mass is 16.6. The SMILES string of the molecule is CC/C=C\C/C=C\C/C=C\C/C=C\CCCCCCCCCCCCCOCC(CO)OC(=O)CCCCCCCCC/C=C\CCCCCCCCC. The first-order valence-electron chi connectivity index (χ1n) is 23.4. The number of aliphatic hydroxyl groups excluding tert-OH is 1. The van der Waals surface area contributed by atoms with Crippen molar-refractivity contribution in [2.75, 3.05) is 19.8 Å². The van der Waals surface area contributed by atoms with Crippen LogP contribution in [0.3, 0.4) is 0 Å². The summed E-state index contributed by atoms with van der Waals surface area (Å²) in [6.07, 6.45) is 62.9. The molecule has 0 amide bonds. The van der Waals surface area contributed by atoms with Gasteiger partial charge in [0.25, 0.3) is 0 Å². The van der Waals surface area contributed by atoms with Crippen LogP contribution in [-0.2, 0) is 14.3 Å². The summed E-state index contributed by atoms with van der Waals surface area (Å²) in [5.41, 5.74) is 0. The first-order chi connectivity index (χ1) is 26.7. The van der Waals surface area contributed by atoms with Gasteiger partial charge in [-0.15, -0.1) is 0 Å². The summed E-state index contributed by atoms with van der Waals surface area (Å²) < 4.78 is 11.2. The lowest BCUT2D eigenvalue weighted by molar-refractivity contribution is -0.154. The lowest BCUT2D eigenvalue weighted by atomic mass is 10.1. The molecule has 0 aliphatic carbocycles. The van der Waals surface area contributed by atoms with Gasteiger partial charge in [-0.05, 0) is 77.0 Å². The molecule has 0 bridgehead atoms. The van der Waals surface area contributed by atoms with E-state index >= 15 is 0 Å². The Morgan fingerprint density at radius 2 is 0.833 bits per heavy atom.